The number of rotatable bonds is 0. The van der Waals surface area contributed by atoms with Gasteiger partial charge < -0.3 is 0 Å². The standard InChI is InChI=1S/2C9H11.Ru/c2*1-2-5-9-7-3-6-8(9)4-1;/h2*3,6-7H,1-2,4-5H2;/q2*-1;+2. The van der Waals surface area contributed by atoms with Crippen LogP contribution in [-0.4, -0.2) is 0 Å². The minimum atomic E-state index is 0. The van der Waals surface area contributed by atoms with Gasteiger partial charge in [0, 0.05) is 0 Å². The summed E-state index contributed by atoms with van der Waals surface area (Å²) in [5.41, 5.74) is 6.39. The molecule has 2 aromatic rings. The van der Waals surface area contributed by atoms with Gasteiger partial charge in [-0.25, -0.2) is 12.1 Å². The first-order valence-corrected chi connectivity index (χ1v) is 7.40. The van der Waals surface area contributed by atoms with E-state index in [0.717, 1.165) is 0 Å². The molecule has 0 heterocycles. The molecule has 0 bridgehead atoms. The fourth-order valence-corrected chi connectivity index (χ4v) is 3.23. The second-order valence-corrected chi connectivity index (χ2v) is 5.57. The molecule has 4 rings (SSSR count). The molecule has 0 aromatic heterocycles. The van der Waals surface area contributed by atoms with Crippen molar-refractivity contribution in [1.29, 1.82) is 0 Å². The smallest absolute Gasteiger partial charge is 0.210 e. The molecule has 0 saturated heterocycles. The Hall–Kier alpha value is -0.677. The van der Waals surface area contributed by atoms with Crippen LogP contribution in [0.25, 0.3) is 0 Å². The summed E-state index contributed by atoms with van der Waals surface area (Å²) >= 11 is 0. The van der Waals surface area contributed by atoms with Gasteiger partial charge >= 0.3 is 19.5 Å². The third-order valence-electron chi connectivity index (χ3n) is 4.30. The molecular weight excluding hydrogens is 317 g/mol. The summed E-state index contributed by atoms with van der Waals surface area (Å²) in [7, 11) is 0. The van der Waals surface area contributed by atoms with Gasteiger partial charge in [-0.15, -0.1) is 0 Å². The molecule has 0 spiro atoms. The van der Waals surface area contributed by atoms with E-state index in [0.29, 0.717) is 0 Å². The van der Waals surface area contributed by atoms with Gasteiger partial charge in [0.2, 0.25) is 0 Å². The van der Waals surface area contributed by atoms with Crippen molar-refractivity contribution in [3.05, 3.63) is 58.7 Å². The van der Waals surface area contributed by atoms with Gasteiger partial charge in [-0.3, -0.25) is 0 Å². The van der Waals surface area contributed by atoms with Gasteiger partial charge in [0.25, 0.3) is 0 Å². The summed E-state index contributed by atoms with van der Waals surface area (Å²) in [6.45, 7) is 0. The van der Waals surface area contributed by atoms with Crippen LogP contribution in [0, 0.1) is 0 Å². The maximum absolute atomic E-state index is 2.26. The Morgan fingerprint density at radius 1 is 0.632 bits per heavy atom. The second-order valence-electron chi connectivity index (χ2n) is 5.57. The first-order valence-electron chi connectivity index (χ1n) is 7.40. The first-order chi connectivity index (χ1) is 8.93. The third-order valence-corrected chi connectivity index (χ3v) is 4.30. The Labute approximate surface area is 129 Å². The molecule has 0 saturated carbocycles. The van der Waals surface area contributed by atoms with Crippen LogP contribution in [0.15, 0.2) is 36.4 Å². The molecule has 0 atom stereocenters. The molecule has 19 heavy (non-hydrogen) atoms. The molecule has 0 amide bonds. The van der Waals surface area contributed by atoms with Crippen molar-refractivity contribution in [2.75, 3.05) is 0 Å². The third kappa shape index (κ3) is 3.66. The zero-order chi connectivity index (χ0) is 12.2. The largest absolute Gasteiger partial charge is 2.00 e. The minimum absolute atomic E-state index is 0. The van der Waals surface area contributed by atoms with Crippen LogP contribution in [0.5, 0.6) is 0 Å². The van der Waals surface area contributed by atoms with E-state index in [2.05, 4.69) is 36.4 Å². The summed E-state index contributed by atoms with van der Waals surface area (Å²) in [6, 6.07) is 13.4. The molecule has 0 radical (unpaired) electrons. The Balaban J connectivity index is 0.000000133. The zero-order valence-corrected chi connectivity index (χ0v) is 13.2. The van der Waals surface area contributed by atoms with E-state index in [1.165, 1.54) is 51.4 Å². The maximum Gasteiger partial charge on any atom is 2.00 e. The molecule has 0 unspecified atom stereocenters. The molecule has 2 aliphatic rings. The van der Waals surface area contributed by atoms with Crippen LogP contribution < -0.4 is 0 Å². The molecule has 0 N–H and O–H groups in total. The van der Waals surface area contributed by atoms with Gasteiger partial charge in [-0.1, -0.05) is 51.4 Å². The molecule has 1 heteroatoms. The Kier molecular flexibility index (Phi) is 5.58. The first kappa shape index (κ1) is 14.7. The summed E-state index contributed by atoms with van der Waals surface area (Å²) in [4.78, 5) is 0. The van der Waals surface area contributed by atoms with Crippen LogP contribution in [0.2, 0.25) is 0 Å². The fraction of sp³-hybridized carbons (Fsp3) is 0.444. The monoisotopic (exact) mass is 340 g/mol. The van der Waals surface area contributed by atoms with E-state index >= 15 is 0 Å². The van der Waals surface area contributed by atoms with Crippen LogP contribution in [0.3, 0.4) is 0 Å². The topological polar surface area (TPSA) is 0 Å². The molecule has 2 aliphatic carbocycles. The van der Waals surface area contributed by atoms with Crippen molar-refractivity contribution in [2.24, 2.45) is 0 Å². The van der Waals surface area contributed by atoms with Crippen LogP contribution in [-0.2, 0) is 45.2 Å². The van der Waals surface area contributed by atoms with Crippen molar-refractivity contribution >= 4 is 0 Å². The quantitative estimate of drug-likeness (QED) is 0.487. The normalized spacial score (nSPS) is 16.4. The Bertz CT molecular complexity index is 402. The fourth-order valence-electron chi connectivity index (χ4n) is 3.23. The molecule has 102 valence electrons. The Morgan fingerprint density at radius 2 is 1.05 bits per heavy atom. The average molecular weight is 339 g/mol. The van der Waals surface area contributed by atoms with Crippen LogP contribution >= 0.6 is 0 Å². The maximum atomic E-state index is 2.26. The van der Waals surface area contributed by atoms with Gasteiger partial charge in [-0.2, -0.15) is 46.5 Å². The van der Waals surface area contributed by atoms with Gasteiger partial charge in [0.1, 0.15) is 0 Å². The zero-order valence-electron chi connectivity index (χ0n) is 11.5. The number of hydrogen-bond donors (Lipinski definition) is 0. The summed E-state index contributed by atoms with van der Waals surface area (Å²) < 4.78 is 0. The summed E-state index contributed by atoms with van der Waals surface area (Å²) in [6.07, 6.45) is 10.9. The molecule has 2 aromatic carbocycles. The average Bonchev–Trinajstić information content (AvgIpc) is 3.08. The van der Waals surface area contributed by atoms with E-state index in [1.54, 1.807) is 22.3 Å². The number of aryl methyl sites for hydroxylation is 4. The second kappa shape index (κ2) is 7.20. The molecule has 0 nitrogen and oxygen atoms in total. The molecule has 0 fully saturated rings. The number of hydrogen-bond acceptors (Lipinski definition) is 0. The minimum Gasteiger partial charge on any atom is -0.210 e. The van der Waals surface area contributed by atoms with E-state index in [4.69, 9.17) is 0 Å². The van der Waals surface area contributed by atoms with Gasteiger partial charge in [-0.05, 0) is 0 Å². The van der Waals surface area contributed by atoms with Gasteiger partial charge in [0.15, 0.2) is 0 Å². The van der Waals surface area contributed by atoms with Crippen molar-refractivity contribution in [2.45, 2.75) is 51.4 Å². The van der Waals surface area contributed by atoms with Crippen molar-refractivity contribution < 1.29 is 19.5 Å². The number of fused-ring (bicyclic) bond motifs is 2. The van der Waals surface area contributed by atoms with Crippen molar-refractivity contribution in [3.63, 3.8) is 0 Å². The predicted molar refractivity (Wildman–Crippen MR) is 77.4 cm³/mol. The van der Waals surface area contributed by atoms with E-state index < -0.39 is 0 Å². The predicted octanol–water partition coefficient (Wildman–Crippen LogP) is 4.57. The van der Waals surface area contributed by atoms with Crippen LogP contribution in [0.1, 0.15) is 47.9 Å². The SMILES string of the molecule is [Ru+2].c1cc2c([cH-]1)CCCC2.c1cc2c([cH-]1)CCCC2. The van der Waals surface area contributed by atoms with Crippen molar-refractivity contribution in [1.82, 2.24) is 0 Å². The molecular formula is C18H22Ru. The van der Waals surface area contributed by atoms with E-state index in [-0.39, 0.29) is 19.5 Å². The Morgan fingerprint density at radius 3 is 1.47 bits per heavy atom. The summed E-state index contributed by atoms with van der Waals surface area (Å²) in [5, 5.41) is 0. The van der Waals surface area contributed by atoms with E-state index in [1.807, 2.05) is 0 Å². The van der Waals surface area contributed by atoms with E-state index in [9.17, 15) is 0 Å². The summed E-state index contributed by atoms with van der Waals surface area (Å²) in [5.74, 6) is 0. The van der Waals surface area contributed by atoms with Crippen LogP contribution in [0.4, 0.5) is 0 Å². The van der Waals surface area contributed by atoms with Crippen molar-refractivity contribution in [3.8, 4) is 0 Å². The molecule has 0 aliphatic heterocycles. The van der Waals surface area contributed by atoms with Gasteiger partial charge in [0.05, 0.1) is 0 Å².